The van der Waals surface area contributed by atoms with Crippen molar-refractivity contribution in [3.8, 4) is 11.5 Å². The van der Waals surface area contributed by atoms with Gasteiger partial charge in [-0.1, -0.05) is 0 Å². The first kappa shape index (κ1) is 18.8. The van der Waals surface area contributed by atoms with Crippen LogP contribution in [0, 0.1) is 0 Å². The van der Waals surface area contributed by atoms with Crippen LogP contribution in [0.25, 0.3) is 0 Å². The first-order chi connectivity index (χ1) is 11.6. The molecular weight excluding hydrogens is 338 g/mol. The number of alkyl carbamates (subject to hydrolysis) is 1. The van der Waals surface area contributed by atoms with Crippen LogP contribution < -0.4 is 19.7 Å². The highest BCUT2D eigenvalue weighted by atomic mass is 19.3. The van der Waals surface area contributed by atoms with Crippen LogP contribution >= 0.6 is 0 Å². The zero-order valence-electron chi connectivity index (χ0n) is 14.3. The van der Waals surface area contributed by atoms with E-state index in [0.717, 1.165) is 0 Å². The molecule has 1 aromatic carbocycles. The lowest BCUT2D eigenvalue weighted by atomic mass is 10.2. The van der Waals surface area contributed by atoms with Crippen LogP contribution in [-0.2, 0) is 9.53 Å². The molecule has 1 aromatic rings. The minimum atomic E-state index is -2.98. The van der Waals surface area contributed by atoms with Crippen molar-refractivity contribution >= 4 is 17.7 Å². The Morgan fingerprint density at radius 2 is 2.08 bits per heavy atom. The summed E-state index contributed by atoms with van der Waals surface area (Å²) in [6.07, 6.45) is -0.754. The Kier molecular flexibility index (Phi) is 5.34. The number of halogens is 2. The van der Waals surface area contributed by atoms with E-state index < -0.39 is 30.3 Å². The number of anilines is 1. The molecule has 0 saturated heterocycles. The Morgan fingerprint density at radius 1 is 1.40 bits per heavy atom. The summed E-state index contributed by atoms with van der Waals surface area (Å²) in [5, 5.41) is 2.45. The second-order valence-corrected chi connectivity index (χ2v) is 6.42. The molecule has 7 nitrogen and oxygen atoms in total. The number of amides is 2. The molecule has 1 aliphatic rings. The maximum absolute atomic E-state index is 12.5. The van der Waals surface area contributed by atoms with Gasteiger partial charge in [-0.15, -0.1) is 0 Å². The standard InChI is InChI=1S/C16H20F2N2O5/c1-16(2,3)25-15(22)19-10-8-23-12-6-5-9(24-14(17)18)7-11(12)20(4)13(10)21/h5-7,10,14H,8H2,1-4H3,(H,19,22). The van der Waals surface area contributed by atoms with Crippen LogP contribution in [0.4, 0.5) is 19.3 Å². The first-order valence-corrected chi connectivity index (χ1v) is 7.55. The van der Waals surface area contributed by atoms with Gasteiger partial charge in [0.05, 0.1) is 5.69 Å². The molecular formula is C16H20F2N2O5. The largest absolute Gasteiger partial charge is 0.489 e. The lowest BCUT2D eigenvalue weighted by Crippen LogP contribution is -2.50. The molecule has 0 saturated carbocycles. The van der Waals surface area contributed by atoms with Gasteiger partial charge in [-0.05, 0) is 32.9 Å². The SMILES string of the molecule is CN1C(=O)C(NC(=O)OC(C)(C)C)COc2ccc(OC(F)F)cc21. The highest BCUT2D eigenvalue weighted by molar-refractivity contribution is 6.00. The van der Waals surface area contributed by atoms with Crippen molar-refractivity contribution in [3.63, 3.8) is 0 Å². The summed E-state index contributed by atoms with van der Waals surface area (Å²) >= 11 is 0. The zero-order chi connectivity index (χ0) is 18.8. The van der Waals surface area contributed by atoms with Gasteiger partial charge in [0, 0.05) is 13.1 Å². The van der Waals surface area contributed by atoms with Crippen molar-refractivity contribution in [1.29, 1.82) is 0 Å². The van der Waals surface area contributed by atoms with E-state index in [1.807, 2.05) is 0 Å². The molecule has 0 aliphatic carbocycles. The summed E-state index contributed by atoms with van der Waals surface area (Å²) in [7, 11) is 1.45. The maximum atomic E-state index is 12.5. The van der Waals surface area contributed by atoms with Crippen molar-refractivity contribution in [3.05, 3.63) is 18.2 Å². The Hall–Kier alpha value is -2.58. The van der Waals surface area contributed by atoms with E-state index in [-0.39, 0.29) is 18.0 Å². The fourth-order valence-corrected chi connectivity index (χ4v) is 2.21. The molecule has 2 amide bonds. The van der Waals surface area contributed by atoms with E-state index in [1.165, 1.54) is 30.1 Å². The number of alkyl halides is 2. The summed E-state index contributed by atoms with van der Waals surface area (Å²) < 4.78 is 39.7. The van der Waals surface area contributed by atoms with E-state index in [9.17, 15) is 18.4 Å². The Morgan fingerprint density at radius 3 is 2.68 bits per heavy atom. The molecule has 25 heavy (non-hydrogen) atoms. The third-order valence-electron chi connectivity index (χ3n) is 3.24. The molecule has 1 heterocycles. The van der Waals surface area contributed by atoms with E-state index in [0.29, 0.717) is 5.75 Å². The maximum Gasteiger partial charge on any atom is 0.408 e. The molecule has 0 aromatic heterocycles. The summed E-state index contributed by atoms with van der Waals surface area (Å²) in [5.74, 6) is -0.264. The third-order valence-corrected chi connectivity index (χ3v) is 3.24. The molecule has 0 bridgehead atoms. The molecule has 0 spiro atoms. The second-order valence-electron chi connectivity index (χ2n) is 6.42. The quantitative estimate of drug-likeness (QED) is 0.899. The smallest absolute Gasteiger partial charge is 0.408 e. The third kappa shape index (κ3) is 4.94. The molecule has 0 radical (unpaired) electrons. The van der Waals surface area contributed by atoms with Crippen molar-refractivity contribution < 1.29 is 32.6 Å². The minimum absolute atomic E-state index is 0.101. The number of nitrogens with zero attached hydrogens (tertiary/aromatic N) is 1. The Labute approximate surface area is 143 Å². The Bertz CT molecular complexity index is 660. The van der Waals surface area contributed by atoms with Crippen LogP contribution in [0.3, 0.4) is 0 Å². The van der Waals surface area contributed by atoms with Gasteiger partial charge in [-0.25, -0.2) is 4.79 Å². The number of hydrogen-bond donors (Lipinski definition) is 1. The van der Waals surface area contributed by atoms with Crippen LogP contribution in [0.2, 0.25) is 0 Å². The van der Waals surface area contributed by atoms with Crippen LogP contribution in [0.5, 0.6) is 11.5 Å². The number of carbonyl (C=O) groups is 2. The van der Waals surface area contributed by atoms with Gasteiger partial charge in [0.15, 0.2) is 0 Å². The summed E-state index contributed by atoms with van der Waals surface area (Å²) in [5.41, 5.74) is -0.452. The lowest BCUT2D eigenvalue weighted by molar-refractivity contribution is -0.120. The Balaban J connectivity index is 2.16. The average molecular weight is 358 g/mol. The van der Waals surface area contributed by atoms with Gasteiger partial charge >= 0.3 is 12.7 Å². The second kappa shape index (κ2) is 7.12. The predicted molar refractivity (Wildman–Crippen MR) is 85.1 cm³/mol. The zero-order valence-corrected chi connectivity index (χ0v) is 14.3. The number of rotatable bonds is 3. The molecule has 9 heteroatoms. The lowest BCUT2D eigenvalue weighted by Gasteiger charge is -2.23. The molecule has 1 atom stereocenters. The number of nitrogens with one attached hydrogen (secondary N) is 1. The summed E-state index contributed by atoms with van der Waals surface area (Å²) in [6, 6.07) is 3.03. The van der Waals surface area contributed by atoms with Gasteiger partial charge < -0.3 is 24.4 Å². The number of fused-ring (bicyclic) bond motifs is 1. The van der Waals surface area contributed by atoms with Crippen molar-refractivity contribution in [2.75, 3.05) is 18.6 Å². The van der Waals surface area contributed by atoms with E-state index in [4.69, 9.17) is 9.47 Å². The topological polar surface area (TPSA) is 77.1 Å². The highest BCUT2D eigenvalue weighted by Crippen LogP contribution is 2.34. The molecule has 2 rings (SSSR count). The number of hydrogen-bond acceptors (Lipinski definition) is 5. The van der Waals surface area contributed by atoms with Crippen molar-refractivity contribution in [2.45, 2.75) is 39.0 Å². The molecule has 138 valence electrons. The predicted octanol–water partition coefficient (Wildman–Crippen LogP) is 2.54. The number of benzene rings is 1. The van der Waals surface area contributed by atoms with Gasteiger partial charge in [0.2, 0.25) is 0 Å². The van der Waals surface area contributed by atoms with E-state index in [2.05, 4.69) is 10.1 Å². The molecule has 1 aliphatic heterocycles. The van der Waals surface area contributed by atoms with Gasteiger partial charge in [0.1, 0.15) is 29.7 Å². The monoisotopic (exact) mass is 358 g/mol. The fraction of sp³-hybridized carbons (Fsp3) is 0.500. The number of likely N-dealkylation sites (N-methyl/N-ethyl adjacent to an activating group) is 1. The molecule has 0 fully saturated rings. The molecule has 1 N–H and O–H groups in total. The van der Waals surface area contributed by atoms with Crippen molar-refractivity contribution in [2.24, 2.45) is 0 Å². The van der Waals surface area contributed by atoms with E-state index >= 15 is 0 Å². The molecule has 1 unspecified atom stereocenters. The van der Waals surface area contributed by atoms with Gasteiger partial charge in [-0.3, -0.25) is 4.79 Å². The average Bonchev–Trinajstić information content (AvgIpc) is 2.57. The fourth-order valence-electron chi connectivity index (χ4n) is 2.21. The minimum Gasteiger partial charge on any atom is -0.489 e. The van der Waals surface area contributed by atoms with Gasteiger partial charge in [0.25, 0.3) is 5.91 Å². The highest BCUT2D eigenvalue weighted by Gasteiger charge is 2.32. The van der Waals surface area contributed by atoms with Crippen molar-refractivity contribution in [1.82, 2.24) is 5.32 Å². The van der Waals surface area contributed by atoms with Crippen LogP contribution in [0.1, 0.15) is 20.8 Å². The van der Waals surface area contributed by atoms with Crippen LogP contribution in [0.15, 0.2) is 18.2 Å². The van der Waals surface area contributed by atoms with Gasteiger partial charge in [-0.2, -0.15) is 8.78 Å². The first-order valence-electron chi connectivity index (χ1n) is 7.55. The van der Waals surface area contributed by atoms with Crippen LogP contribution in [-0.4, -0.2) is 43.9 Å². The normalized spacial score (nSPS) is 17.5. The summed E-state index contributed by atoms with van der Waals surface area (Å²) in [6.45, 7) is 2.00. The number of ether oxygens (including phenoxy) is 3. The summed E-state index contributed by atoms with van der Waals surface area (Å²) in [4.78, 5) is 25.6. The van der Waals surface area contributed by atoms with E-state index in [1.54, 1.807) is 20.8 Å². The number of carbonyl (C=O) groups excluding carboxylic acids is 2.